The molecule has 0 amide bonds. The quantitative estimate of drug-likeness (QED) is 0.798. The van der Waals surface area contributed by atoms with Gasteiger partial charge in [-0.25, -0.2) is 0 Å². The van der Waals surface area contributed by atoms with E-state index in [1.807, 2.05) is 0 Å². The Balaban J connectivity index is 2.11. The Morgan fingerprint density at radius 2 is 1.68 bits per heavy atom. The number of rotatable bonds is 3. The molecule has 2 saturated carbocycles. The van der Waals surface area contributed by atoms with Gasteiger partial charge in [-0.15, -0.1) is 0 Å². The number of esters is 1. The molecule has 0 aromatic rings. The molecule has 0 bridgehead atoms. The van der Waals surface area contributed by atoms with Crippen LogP contribution in [0.5, 0.6) is 0 Å². The standard InChI is InChI=1S/C16H29NO2/c1-12-9-13(2)11-16(10-12,15(18)19-3)17-14-7-5-4-6-8-14/h12-14,17H,4-11H2,1-3H3. The predicted octanol–water partition coefficient (Wildman–Crippen LogP) is 3.28. The molecular weight excluding hydrogens is 238 g/mol. The molecule has 3 heteroatoms. The van der Waals surface area contributed by atoms with E-state index in [2.05, 4.69) is 19.2 Å². The highest BCUT2D eigenvalue weighted by molar-refractivity contribution is 5.81. The smallest absolute Gasteiger partial charge is 0.326 e. The van der Waals surface area contributed by atoms with E-state index in [9.17, 15) is 4.79 Å². The normalized spacial score (nSPS) is 37.0. The van der Waals surface area contributed by atoms with E-state index in [4.69, 9.17) is 4.74 Å². The van der Waals surface area contributed by atoms with Crippen LogP contribution in [0.2, 0.25) is 0 Å². The van der Waals surface area contributed by atoms with Gasteiger partial charge in [0, 0.05) is 6.04 Å². The minimum Gasteiger partial charge on any atom is -0.468 e. The summed E-state index contributed by atoms with van der Waals surface area (Å²) >= 11 is 0. The molecule has 2 aliphatic carbocycles. The van der Waals surface area contributed by atoms with Crippen LogP contribution in [-0.4, -0.2) is 24.7 Å². The predicted molar refractivity (Wildman–Crippen MR) is 76.9 cm³/mol. The van der Waals surface area contributed by atoms with Crippen molar-refractivity contribution in [2.45, 2.75) is 76.8 Å². The van der Waals surface area contributed by atoms with Crippen LogP contribution in [0.3, 0.4) is 0 Å². The summed E-state index contributed by atoms with van der Waals surface area (Å²) in [5.41, 5.74) is -0.423. The van der Waals surface area contributed by atoms with Gasteiger partial charge in [-0.1, -0.05) is 33.1 Å². The highest BCUT2D eigenvalue weighted by Gasteiger charge is 2.46. The van der Waals surface area contributed by atoms with E-state index in [0.29, 0.717) is 17.9 Å². The minimum absolute atomic E-state index is 0.0449. The molecule has 2 fully saturated rings. The lowest BCUT2D eigenvalue weighted by Gasteiger charge is -2.44. The van der Waals surface area contributed by atoms with Crippen LogP contribution in [-0.2, 0) is 9.53 Å². The van der Waals surface area contributed by atoms with Gasteiger partial charge in [-0.05, 0) is 43.9 Å². The summed E-state index contributed by atoms with van der Waals surface area (Å²) in [4.78, 5) is 12.4. The van der Waals surface area contributed by atoms with Crippen LogP contribution in [0.4, 0.5) is 0 Å². The molecule has 0 saturated heterocycles. The molecule has 1 N–H and O–H groups in total. The summed E-state index contributed by atoms with van der Waals surface area (Å²) in [6, 6.07) is 0.505. The molecule has 2 rings (SSSR count). The summed E-state index contributed by atoms with van der Waals surface area (Å²) in [6.07, 6.45) is 9.44. The molecule has 2 aliphatic rings. The number of nitrogens with one attached hydrogen (secondary N) is 1. The Bertz CT molecular complexity index is 300. The summed E-state index contributed by atoms with van der Waals surface area (Å²) in [5, 5.41) is 3.71. The summed E-state index contributed by atoms with van der Waals surface area (Å²) in [6.45, 7) is 4.52. The van der Waals surface area contributed by atoms with E-state index < -0.39 is 5.54 Å². The van der Waals surface area contributed by atoms with Gasteiger partial charge in [-0.2, -0.15) is 0 Å². The molecule has 0 aromatic carbocycles. The molecule has 0 heterocycles. The van der Waals surface area contributed by atoms with Crippen LogP contribution in [0.1, 0.15) is 65.2 Å². The Morgan fingerprint density at radius 1 is 1.11 bits per heavy atom. The van der Waals surface area contributed by atoms with Gasteiger partial charge in [0.1, 0.15) is 5.54 Å². The second kappa shape index (κ2) is 6.25. The first kappa shape index (κ1) is 14.8. The average molecular weight is 267 g/mol. The SMILES string of the molecule is COC(=O)C1(NC2CCCCC2)CC(C)CC(C)C1. The van der Waals surface area contributed by atoms with Crippen molar-refractivity contribution in [3.05, 3.63) is 0 Å². The fraction of sp³-hybridized carbons (Fsp3) is 0.938. The van der Waals surface area contributed by atoms with Crippen LogP contribution in [0.25, 0.3) is 0 Å². The molecular formula is C16H29NO2. The Morgan fingerprint density at radius 3 is 2.21 bits per heavy atom. The summed E-state index contributed by atoms with van der Waals surface area (Å²) < 4.78 is 5.13. The zero-order chi connectivity index (χ0) is 13.9. The van der Waals surface area contributed by atoms with E-state index in [0.717, 1.165) is 12.8 Å². The average Bonchev–Trinajstić information content (AvgIpc) is 2.37. The molecule has 0 aliphatic heterocycles. The van der Waals surface area contributed by atoms with Crippen LogP contribution < -0.4 is 5.32 Å². The van der Waals surface area contributed by atoms with Gasteiger partial charge in [0.25, 0.3) is 0 Å². The van der Waals surface area contributed by atoms with Gasteiger partial charge in [0.05, 0.1) is 7.11 Å². The zero-order valence-electron chi connectivity index (χ0n) is 12.7. The summed E-state index contributed by atoms with van der Waals surface area (Å²) in [7, 11) is 1.52. The molecule has 2 atom stereocenters. The van der Waals surface area contributed by atoms with Gasteiger partial charge in [-0.3, -0.25) is 10.1 Å². The van der Waals surface area contributed by atoms with E-state index in [-0.39, 0.29) is 5.97 Å². The maximum atomic E-state index is 12.4. The number of hydrogen-bond acceptors (Lipinski definition) is 3. The van der Waals surface area contributed by atoms with Gasteiger partial charge in [0.15, 0.2) is 0 Å². The lowest BCUT2D eigenvalue weighted by atomic mass is 9.71. The topological polar surface area (TPSA) is 38.3 Å². The van der Waals surface area contributed by atoms with Crippen molar-refractivity contribution >= 4 is 5.97 Å². The van der Waals surface area contributed by atoms with Gasteiger partial charge >= 0.3 is 5.97 Å². The Kier molecular flexibility index (Phi) is 4.88. The number of hydrogen-bond donors (Lipinski definition) is 1. The van der Waals surface area contributed by atoms with Crippen molar-refractivity contribution in [3.8, 4) is 0 Å². The fourth-order valence-electron chi connectivity index (χ4n) is 4.30. The van der Waals surface area contributed by atoms with E-state index in [1.54, 1.807) is 0 Å². The number of ether oxygens (including phenoxy) is 1. The van der Waals surface area contributed by atoms with Crippen LogP contribution >= 0.6 is 0 Å². The highest BCUT2D eigenvalue weighted by atomic mass is 16.5. The first-order chi connectivity index (χ1) is 9.05. The fourth-order valence-corrected chi connectivity index (χ4v) is 4.30. The van der Waals surface area contributed by atoms with Crippen molar-refractivity contribution in [1.29, 1.82) is 0 Å². The molecule has 2 unspecified atom stereocenters. The minimum atomic E-state index is -0.423. The molecule has 0 radical (unpaired) electrons. The van der Waals surface area contributed by atoms with Crippen molar-refractivity contribution in [3.63, 3.8) is 0 Å². The zero-order valence-corrected chi connectivity index (χ0v) is 12.7. The summed E-state index contributed by atoms with van der Waals surface area (Å²) in [5.74, 6) is 1.15. The van der Waals surface area contributed by atoms with Crippen LogP contribution in [0, 0.1) is 11.8 Å². The highest BCUT2D eigenvalue weighted by Crippen LogP contribution is 2.38. The maximum absolute atomic E-state index is 12.4. The molecule has 3 nitrogen and oxygen atoms in total. The van der Waals surface area contributed by atoms with Gasteiger partial charge < -0.3 is 4.74 Å². The monoisotopic (exact) mass is 267 g/mol. The second-order valence-electron chi connectivity index (χ2n) is 6.91. The third-order valence-electron chi connectivity index (χ3n) is 4.86. The van der Waals surface area contributed by atoms with Crippen molar-refractivity contribution in [1.82, 2.24) is 5.32 Å². The van der Waals surface area contributed by atoms with Crippen molar-refractivity contribution in [2.75, 3.05) is 7.11 Å². The number of methoxy groups -OCH3 is 1. The Labute approximate surface area is 117 Å². The third kappa shape index (κ3) is 3.50. The first-order valence-electron chi connectivity index (χ1n) is 7.92. The lowest BCUT2D eigenvalue weighted by molar-refractivity contribution is -0.152. The van der Waals surface area contributed by atoms with Crippen LogP contribution in [0.15, 0.2) is 0 Å². The first-order valence-corrected chi connectivity index (χ1v) is 7.92. The van der Waals surface area contributed by atoms with Crippen molar-refractivity contribution < 1.29 is 9.53 Å². The number of carbonyl (C=O) groups is 1. The maximum Gasteiger partial charge on any atom is 0.326 e. The van der Waals surface area contributed by atoms with E-state index >= 15 is 0 Å². The lowest BCUT2D eigenvalue weighted by Crippen LogP contribution is -2.60. The molecule has 0 aromatic heterocycles. The third-order valence-corrected chi connectivity index (χ3v) is 4.86. The van der Waals surface area contributed by atoms with E-state index in [1.165, 1.54) is 45.6 Å². The van der Waals surface area contributed by atoms with Crippen molar-refractivity contribution in [2.24, 2.45) is 11.8 Å². The number of carbonyl (C=O) groups excluding carboxylic acids is 1. The Hall–Kier alpha value is -0.570. The molecule has 110 valence electrons. The second-order valence-corrected chi connectivity index (χ2v) is 6.91. The molecule has 19 heavy (non-hydrogen) atoms. The van der Waals surface area contributed by atoms with Gasteiger partial charge in [0.2, 0.25) is 0 Å². The largest absolute Gasteiger partial charge is 0.468 e. The molecule has 0 spiro atoms.